The van der Waals surface area contributed by atoms with Crippen LogP contribution in [0.15, 0.2) is 61.8 Å². The summed E-state index contributed by atoms with van der Waals surface area (Å²) in [5, 5.41) is 2.61. The Kier molecular flexibility index (Phi) is 5.88. The fraction of sp³-hybridized carbons (Fsp3) is 0.387. The molecule has 32 heavy (non-hydrogen) atoms. The maximum atomic E-state index is 4.42. The molecule has 1 aliphatic rings. The maximum Gasteiger partial charge on any atom is 0.213 e. The lowest BCUT2D eigenvalue weighted by Gasteiger charge is -2.46. The van der Waals surface area contributed by atoms with Gasteiger partial charge in [-0.3, -0.25) is 0 Å². The van der Waals surface area contributed by atoms with Crippen LogP contribution in [0.3, 0.4) is 0 Å². The number of allylic oxidation sites excluding steroid dienone is 1. The number of hydrogen-bond acceptors (Lipinski definition) is 0. The molecular formula is C31H38N+. The predicted molar refractivity (Wildman–Crippen MR) is 140 cm³/mol. The lowest BCUT2D eigenvalue weighted by molar-refractivity contribution is -0.765. The summed E-state index contributed by atoms with van der Waals surface area (Å²) in [7, 11) is 0. The molecule has 1 aliphatic heterocycles. The van der Waals surface area contributed by atoms with Gasteiger partial charge in [0.2, 0.25) is 5.69 Å². The molecular weight excluding hydrogens is 386 g/mol. The lowest BCUT2D eigenvalue weighted by Crippen LogP contribution is -2.67. The number of rotatable bonds is 7. The Labute approximate surface area is 194 Å². The molecule has 0 amide bonds. The van der Waals surface area contributed by atoms with Crippen LogP contribution < -0.4 is 4.57 Å². The highest BCUT2D eigenvalue weighted by molar-refractivity contribution is 6.01. The molecule has 0 spiro atoms. The molecule has 166 valence electrons. The van der Waals surface area contributed by atoms with E-state index < -0.39 is 0 Å². The van der Waals surface area contributed by atoms with Crippen molar-refractivity contribution in [2.24, 2.45) is 0 Å². The Morgan fingerprint density at radius 3 is 2.47 bits per heavy atom. The third-order valence-corrected chi connectivity index (χ3v) is 8.45. The summed E-state index contributed by atoms with van der Waals surface area (Å²) >= 11 is 0. The van der Waals surface area contributed by atoms with Crippen LogP contribution in [0.2, 0.25) is 0 Å². The molecule has 2 aromatic carbocycles. The summed E-state index contributed by atoms with van der Waals surface area (Å²) in [4.78, 5) is 0. The number of aromatic nitrogens is 1. The minimum atomic E-state index is 0.0225. The Hall–Kier alpha value is -2.67. The zero-order chi connectivity index (χ0) is 23.1. The Morgan fingerprint density at radius 1 is 1.03 bits per heavy atom. The molecule has 0 bridgehead atoms. The number of unbranched alkanes of at least 4 members (excludes halogenated alkanes) is 1. The van der Waals surface area contributed by atoms with E-state index in [4.69, 9.17) is 0 Å². The molecule has 1 nitrogen and oxygen atoms in total. The molecule has 2 heterocycles. The van der Waals surface area contributed by atoms with Crippen molar-refractivity contribution < 1.29 is 4.57 Å². The van der Waals surface area contributed by atoms with Gasteiger partial charge in [0.25, 0.3) is 0 Å². The van der Waals surface area contributed by atoms with Gasteiger partial charge in [0.1, 0.15) is 0 Å². The number of pyridine rings is 1. The second kappa shape index (κ2) is 8.35. The van der Waals surface area contributed by atoms with E-state index >= 15 is 0 Å². The number of hydrogen-bond donors (Lipinski definition) is 0. The van der Waals surface area contributed by atoms with E-state index in [0.717, 1.165) is 19.3 Å². The van der Waals surface area contributed by atoms with E-state index in [1.165, 1.54) is 57.1 Å². The van der Waals surface area contributed by atoms with Gasteiger partial charge in [0.15, 0.2) is 11.7 Å². The lowest BCUT2D eigenvalue weighted by atomic mass is 9.60. The van der Waals surface area contributed by atoms with Gasteiger partial charge in [-0.1, -0.05) is 58.6 Å². The van der Waals surface area contributed by atoms with Gasteiger partial charge in [0, 0.05) is 25.5 Å². The molecule has 0 saturated carbocycles. The van der Waals surface area contributed by atoms with Gasteiger partial charge < -0.3 is 0 Å². The number of fused-ring (bicyclic) bond motifs is 5. The van der Waals surface area contributed by atoms with Crippen LogP contribution in [0.1, 0.15) is 83.4 Å². The van der Waals surface area contributed by atoms with Gasteiger partial charge in [0.05, 0.1) is 11.0 Å². The molecule has 4 rings (SSSR count). The monoisotopic (exact) mass is 424 g/mol. The molecule has 2 atom stereocenters. The minimum absolute atomic E-state index is 0.0225. The highest BCUT2D eigenvalue weighted by Gasteiger charge is 2.56. The van der Waals surface area contributed by atoms with Crippen molar-refractivity contribution in [2.75, 3.05) is 0 Å². The second-order valence-corrected chi connectivity index (χ2v) is 9.83. The normalized spacial score (nSPS) is 21.8. The average molecular weight is 425 g/mol. The van der Waals surface area contributed by atoms with Crippen molar-refractivity contribution in [1.29, 1.82) is 0 Å². The summed E-state index contributed by atoms with van der Waals surface area (Å²) < 4.78 is 2.54. The smallest absolute Gasteiger partial charge is 0.192 e. The zero-order valence-electron chi connectivity index (χ0n) is 20.6. The van der Waals surface area contributed by atoms with E-state index in [9.17, 15) is 0 Å². The van der Waals surface area contributed by atoms with Crippen molar-refractivity contribution in [2.45, 2.75) is 77.7 Å². The van der Waals surface area contributed by atoms with Gasteiger partial charge in [-0.25, -0.2) is 0 Å². The second-order valence-electron chi connectivity index (χ2n) is 9.83. The largest absolute Gasteiger partial charge is 0.213 e. The zero-order valence-corrected chi connectivity index (χ0v) is 20.6. The van der Waals surface area contributed by atoms with E-state index in [-0.39, 0.29) is 11.0 Å². The molecule has 1 aromatic heterocycles. The van der Waals surface area contributed by atoms with E-state index in [0.29, 0.717) is 0 Å². The van der Waals surface area contributed by atoms with Crippen molar-refractivity contribution >= 4 is 22.4 Å². The topological polar surface area (TPSA) is 3.88 Å². The summed E-state index contributed by atoms with van der Waals surface area (Å²) in [6.07, 6.45) is 9.86. The minimum Gasteiger partial charge on any atom is -0.192 e. The van der Waals surface area contributed by atoms with Crippen molar-refractivity contribution in [3.63, 3.8) is 0 Å². The van der Waals surface area contributed by atoms with Crippen LogP contribution in [0.5, 0.6) is 0 Å². The first-order valence-corrected chi connectivity index (χ1v) is 12.3. The SMILES string of the molecule is C=Cc1cc2c3c(ccc2cc1C(=C)CCCC)C(C)(CC)C(C)(CC)[n+]1ccccc1-3. The number of benzene rings is 2. The Balaban J connectivity index is 2.06. The van der Waals surface area contributed by atoms with Crippen molar-refractivity contribution in [3.05, 3.63) is 78.5 Å². The molecule has 0 aliphatic carbocycles. The first-order valence-electron chi connectivity index (χ1n) is 12.3. The fourth-order valence-electron chi connectivity index (χ4n) is 5.89. The van der Waals surface area contributed by atoms with Gasteiger partial charge in [-0.05, 0) is 77.4 Å². The van der Waals surface area contributed by atoms with Gasteiger partial charge in [-0.2, -0.15) is 4.57 Å². The van der Waals surface area contributed by atoms with E-state index in [2.05, 4.69) is 101 Å². The van der Waals surface area contributed by atoms with Crippen LogP contribution in [0, 0.1) is 0 Å². The predicted octanol–water partition coefficient (Wildman–Crippen LogP) is 8.45. The Morgan fingerprint density at radius 2 is 1.81 bits per heavy atom. The van der Waals surface area contributed by atoms with E-state index in [1.54, 1.807) is 0 Å². The first-order chi connectivity index (χ1) is 15.4. The highest BCUT2D eigenvalue weighted by Crippen LogP contribution is 2.51. The average Bonchev–Trinajstić information content (AvgIpc) is 2.84. The third-order valence-electron chi connectivity index (χ3n) is 8.45. The quantitative estimate of drug-likeness (QED) is 0.335. The third kappa shape index (κ3) is 3.09. The van der Waals surface area contributed by atoms with Crippen LogP contribution in [-0.4, -0.2) is 0 Å². The van der Waals surface area contributed by atoms with Crippen molar-refractivity contribution in [3.8, 4) is 11.3 Å². The molecule has 0 fully saturated rings. The summed E-state index contributed by atoms with van der Waals surface area (Å²) in [5.74, 6) is 0. The molecule has 1 heteroatoms. The van der Waals surface area contributed by atoms with Crippen LogP contribution >= 0.6 is 0 Å². The Bertz CT molecular complexity index is 1200. The molecule has 0 N–H and O–H groups in total. The van der Waals surface area contributed by atoms with Gasteiger partial charge >= 0.3 is 0 Å². The first kappa shape index (κ1) is 22.5. The standard InChI is InChI=1S/C31H38N/c1-8-12-15-22(5)25-21-24-17-18-27-29(26(24)20-23(25)9-2)28-16-13-14-19-32(28)31(7,11-4)30(27,6)10-3/h9,13-14,16-21H,2,5,8,10-12,15H2,1,3-4,6-7H3/q+1. The van der Waals surface area contributed by atoms with Crippen molar-refractivity contribution in [1.82, 2.24) is 0 Å². The van der Waals surface area contributed by atoms with Gasteiger partial charge in [-0.15, -0.1) is 0 Å². The summed E-state index contributed by atoms with van der Waals surface area (Å²) in [6.45, 7) is 20.4. The highest BCUT2D eigenvalue weighted by atomic mass is 15.1. The maximum absolute atomic E-state index is 4.42. The molecule has 0 saturated heterocycles. The summed E-state index contributed by atoms with van der Waals surface area (Å²) in [5.41, 5.74) is 7.88. The van der Waals surface area contributed by atoms with Crippen LogP contribution in [-0.2, 0) is 11.0 Å². The molecule has 2 unspecified atom stereocenters. The van der Waals surface area contributed by atoms with E-state index in [1.807, 2.05) is 6.08 Å². The number of nitrogens with zero attached hydrogens (tertiary/aromatic N) is 1. The fourth-order valence-corrected chi connectivity index (χ4v) is 5.89. The van der Waals surface area contributed by atoms with Crippen LogP contribution in [0.25, 0.3) is 33.7 Å². The van der Waals surface area contributed by atoms with Crippen LogP contribution in [0.4, 0.5) is 0 Å². The molecule has 0 radical (unpaired) electrons. The molecule has 3 aromatic rings. The summed E-state index contributed by atoms with van der Waals surface area (Å²) in [6, 6.07) is 16.1.